The molecule has 0 unspecified atom stereocenters. The minimum atomic E-state index is -5.76. The van der Waals surface area contributed by atoms with E-state index in [1.165, 1.54) is 0 Å². The smallest absolute Gasteiger partial charge is 0.354 e. The Kier molecular flexibility index (Phi) is 3.28. The van der Waals surface area contributed by atoms with Gasteiger partial charge >= 0.3 is 15.6 Å². The van der Waals surface area contributed by atoms with Crippen molar-refractivity contribution in [1.29, 1.82) is 0 Å². The Bertz CT molecular complexity index is 774. The average Bonchev–Trinajstić information content (AvgIpc) is 2.28. The first-order valence-corrected chi connectivity index (χ1v) is 6.63. The minimum Gasteiger partial charge on any atom is -0.354 e. The van der Waals surface area contributed by atoms with Crippen LogP contribution in [0.2, 0.25) is 0 Å². The van der Waals surface area contributed by atoms with Crippen LogP contribution < -0.4 is 4.18 Å². The number of rotatable bonds is 2. The topological polar surface area (TPSA) is 82.0 Å². The molecular weight excluding hydrogens is 299 g/mol. The number of hydrogen-bond acceptors (Lipinski definition) is 6. The Morgan fingerprint density at radius 2 is 1.85 bits per heavy atom. The Balaban J connectivity index is 2.48. The molecule has 20 heavy (non-hydrogen) atoms. The lowest BCUT2D eigenvalue weighted by Crippen LogP contribution is -2.28. The van der Waals surface area contributed by atoms with Gasteiger partial charge in [0.25, 0.3) is 5.88 Å². The first-order valence-electron chi connectivity index (χ1n) is 5.22. The van der Waals surface area contributed by atoms with Crippen LogP contribution in [0.4, 0.5) is 13.2 Å². The quantitative estimate of drug-likeness (QED) is 0.622. The molecule has 6 nitrogen and oxygen atoms in total. The third-order valence-electron chi connectivity index (χ3n) is 2.29. The molecule has 0 spiro atoms. The molecule has 2 aromatic rings. The number of hydrogen-bond donors (Lipinski definition) is 0. The van der Waals surface area contributed by atoms with Crippen LogP contribution in [0.3, 0.4) is 0 Å². The first-order chi connectivity index (χ1) is 9.10. The SMILES string of the molecule is Cc1cc(C)c2nc(OS(=O)(=O)C(F)(F)F)cnc2n1. The second-order valence-corrected chi connectivity index (χ2v) is 5.48. The Labute approximate surface area is 111 Å². The summed E-state index contributed by atoms with van der Waals surface area (Å²) in [7, 11) is -5.76. The standard InChI is InChI=1S/C10H8F3N3O3S/c1-5-3-6(2)15-9-8(5)16-7(4-14-9)19-20(17,18)10(11,12)13/h3-4H,1-2H3. The van der Waals surface area contributed by atoms with E-state index in [1.807, 2.05) is 0 Å². The fourth-order valence-electron chi connectivity index (χ4n) is 1.49. The van der Waals surface area contributed by atoms with E-state index in [2.05, 4.69) is 19.1 Å². The zero-order chi connectivity index (χ0) is 15.1. The summed E-state index contributed by atoms with van der Waals surface area (Å²) in [6, 6.07) is 1.64. The summed E-state index contributed by atoms with van der Waals surface area (Å²) in [5.74, 6) is -0.761. The van der Waals surface area contributed by atoms with Crippen LogP contribution in [-0.4, -0.2) is 28.9 Å². The normalized spacial score (nSPS) is 12.7. The van der Waals surface area contributed by atoms with Crippen molar-refractivity contribution in [3.63, 3.8) is 0 Å². The highest BCUT2D eigenvalue weighted by atomic mass is 32.2. The number of pyridine rings is 1. The summed E-state index contributed by atoms with van der Waals surface area (Å²) < 4.78 is 62.2. The predicted molar refractivity (Wildman–Crippen MR) is 62.4 cm³/mol. The number of aryl methyl sites for hydroxylation is 2. The van der Waals surface area contributed by atoms with Gasteiger partial charge in [0.05, 0.1) is 6.20 Å². The zero-order valence-electron chi connectivity index (χ0n) is 10.3. The molecule has 0 aliphatic carbocycles. The first kappa shape index (κ1) is 14.4. The largest absolute Gasteiger partial charge is 0.534 e. The van der Waals surface area contributed by atoms with Crippen molar-refractivity contribution in [3.8, 4) is 5.88 Å². The number of fused-ring (bicyclic) bond motifs is 1. The lowest BCUT2D eigenvalue weighted by atomic mass is 10.2. The Hall–Kier alpha value is -1.97. The third-order valence-corrected chi connectivity index (χ3v) is 3.25. The van der Waals surface area contributed by atoms with Crippen molar-refractivity contribution in [2.75, 3.05) is 0 Å². The molecule has 0 amide bonds. The van der Waals surface area contributed by atoms with Gasteiger partial charge in [-0.1, -0.05) is 0 Å². The van der Waals surface area contributed by atoms with Crippen molar-refractivity contribution in [1.82, 2.24) is 15.0 Å². The zero-order valence-corrected chi connectivity index (χ0v) is 11.1. The van der Waals surface area contributed by atoms with Gasteiger partial charge in [-0.3, -0.25) is 0 Å². The van der Waals surface area contributed by atoms with Gasteiger partial charge in [-0.2, -0.15) is 21.6 Å². The third kappa shape index (κ3) is 2.64. The van der Waals surface area contributed by atoms with Gasteiger partial charge in [0, 0.05) is 5.69 Å². The second-order valence-electron chi connectivity index (χ2n) is 3.94. The van der Waals surface area contributed by atoms with Crippen molar-refractivity contribution in [2.24, 2.45) is 0 Å². The molecule has 0 N–H and O–H groups in total. The van der Waals surface area contributed by atoms with E-state index in [0.29, 0.717) is 11.3 Å². The number of halogens is 3. The molecule has 0 aliphatic rings. The summed E-state index contributed by atoms with van der Waals surface area (Å²) in [5.41, 5.74) is -3.91. The van der Waals surface area contributed by atoms with Gasteiger partial charge in [-0.05, 0) is 25.5 Å². The number of nitrogens with zero attached hydrogens (tertiary/aromatic N) is 3. The molecule has 0 bridgehead atoms. The second kappa shape index (κ2) is 4.54. The molecule has 2 aromatic heterocycles. The van der Waals surface area contributed by atoms with Crippen LogP contribution in [-0.2, 0) is 10.1 Å². The van der Waals surface area contributed by atoms with Crippen molar-refractivity contribution >= 4 is 21.3 Å². The average molecular weight is 307 g/mol. The van der Waals surface area contributed by atoms with Crippen LogP contribution in [0.25, 0.3) is 11.2 Å². The highest BCUT2D eigenvalue weighted by molar-refractivity contribution is 7.87. The highest BCUT2D eigenvalue weighted by Gasteiger charge is 2.48. The van der Waals surface area contributed by atoms with Gasteiger partial charge in [0.1, 0.15) is 5.52 Å². The van der Waals surface area contributed by atoms with Crippen molar-refractivity contribution in [2.45, 2.75) is 19.4 Å². The summed E-state index contributed by atoms with van der Waals surface area (Å²) in [6.45, 7) is 3.36. The molecule has 0 radical (unpaired) electrons. The molecule has 108 valence electrons. The maximum atomic E-state index is 12.2. The van der Waals surface area contributed by atoms with Crippen LogP contribution in [0.15, 0.2) is 12.3 Å². The van der Waals surface area contributed by atoms with E-state index in [4.69, 9.17) is 0 Å². The summed E-state index contributed by atoms with van der Waals surface area (Å²) in [6.07, 6.45) is 0.775. The molecule has 0 saturated heterocycles. The molecule has 0 fully saturated rings. The van der Waals surface area contributed by atoms with E-state index in [9.17, 15) is 21.6 Å². The number of aromatic nitrogens is 3. The molecule has 2 heterocycles. The Morgan fingerprint density at radius 3 is 2.45 bits per heavy atom. The van der Waals surface area contributed by atoms with E-state index in [0.717, 1.165) is 6.20 Å². The van der Waals surface area contributed by atoms with Gasteiger partial charge in [0.15, 0.2) is 5.65 Å². The van der Waals surface area contributed by atoms with Crippen LogP contribution in [0.1, 0.15) is 11.3 Å². The summed E-state index contributed by atoms with van der Waals surface area (Å²) in [5, 5.41) is 0. The molecule has 0 atom stereocenters. The van der Waals surface area contributed by atoms with Crippen LogP contribution in [0, 0.1) is 13.8 Å². The van der Waals surface area contributed by atoms with Crippen LogP contribution in [0.5, 0.6) is 5.88 Å². The molecule has 0 aromatic carbocycles. The fraction of sp³-hybridized carbons (Fsp3) is 0.300. The van der Waals surface area contributed by atoms with E-state index in [1.54, 1.807) is 19.9 Å². The van der Waals surface area contributed by atoms with E-state index >= 15 is 0 Å². The van der Waals surface area contributed by atoms with E-state index < -0.39 is 21.5 Å². The fourth-order valence-corrected chi connectivity index (χ4v) is 1.89. The maximum absolute atomic E-state index is 12.2. The van der Waals surface area contributed by atoms with Crippen molar-refractivity contribution in [3.05, 3.63) is 23.5 Å². The van der Waals surface area contributed by atoms with Gasteiger partial charge in [-0.15, -0.1) is 0 Å². The van der Waals surface area contributed by atoms with Crippen LogP contribution >= 0.6 is 0 Å². The summed E-state index contributed by atoms with van der Waals surface area (Å²) in [4.78, 5) is 11.4. The van der Waals surface area contributed by atoms with Gasteiger partial charge < -0.3 is 4.18 Å². The van der Waals surface area contributed by atoms with Crippen molar-refractivity contribution < 1.29 is 25.8 Å². The van der Waals surface area contributed by atoms with Gasteiger partial charge in [0.2, 0.25) is 0 Å². The summed E-state index contributed by atoms with van der Waals surface area (Å²) >= 11 is 0. The molecule has 0 saturated carbocycles. The molecule has 10 heteroatoms. The monoisotopic (exact) mass is 307 g/mol. The molecule has 0 aliphatic heterocycles. The lowest BCUT2D eigenvalue weighted by molar-refractivity contribution is -0.0501. The predicted octanol–water partition coefficient (Wildman–Crippen LogP) is 1.87. The number of alkyl halides is 3. The lowest BCUT2D eigenvalue weighted by Gasteiger charge is -2.09. The minimum absolute atomic E-state index is 0.172. The molecular formula is C10H8F3N3O3S. The van der Waals surface area contributed by atoms with Gasteiger partial charge in [-0.25, -0.2) is 15.0 Å². The Morgan fingerprint density at radius 1 is 1.20 bits per heavy atom. The van der Waals surface area contributed by atoms with E-state index in [-0.39, 0.29) is 11.2 Å². The molecule has 2 rings (SSSR count). The highest BCUT2D eigenvalue weighted by Crippen LogP contribution is 2.26. The maximum Gasteiger partial charge on any atom is 0.534 e.